The third kappa shape index (κ3) is 4.95. The van der Waals surface area contributed by atoms with Gasteiger partial charge in [-0.2, -0.15) is 0 Å². The Morgan fingerprint density at radius 2 is 2.07 bits per heavy atom. The highest BCUT2D eigenvalue weighted by Crippen LogP contribution is 2.34. The van der Waals surface area contributed by atoms with Crippen LogP contribution in [-0.4, -0.2) is 57.5 Å². The van der Waals surface area contributed by atoms with Gasteiger partial charge in [-0.3, -0.25) is 4.79 Å². The van der Waals surface area contributed by atoms with Crippen molar-refractivity contribution in [2.45, 2.75) is 57.7 Å². The maximum atomic E-state index is 12.8. The van der Waals surface area contributed by atoms with Crippen molar-refractivity contribution in [3.8, 4) is 0 Å². The Hall–Kier alpha value is -1.31. The number of hydrogen-bond donors (Lipinski definition) is 0. The smallest absolute Gasteiger partial charge is 0.254 e. The summed E-state index contributed by atoms with van der Waals surface area (Å²) >= 11 is 5.00. The average Bonchev–Trinajstić information content (AvgIpc) is 2.90. The average molecular weight is 413 g/mol. The largest absolute Gasteiger partial charge is 0.591 e. The first kappa shape index (κ1) is 22.0. The minimum Gasteiger partial charge on any atom is -0.591 e. The van der Waals surface area contributed by atoms with E-state index in [2.05, 4.69) is 28.1 Å². The van der Waals surface area contributed by atoms with Crippen LogP contribution in [0.5, 0.6) is 0 Å². The monoisotopic (exact) mass is 412 g/mol. The van der Waals surface area contributed by atoms with Crippen LogP contribution >= 0.6 is 11.6 Å². The molecule has 27 heavy (non-hydrogen) atoms. The van der Waals surface area contributed by atoms with Crippen molar-refractivity contribution in [1.82, 2.24) is 9.88 Å². The van der Waals surface area contributed by atoms with E-state index >= 15 is 0 Å². The van der Waals surface area contributed by atoms with Gasteiger partial charge in [0.05, 0.1) is 11.8 Å². The van der Waals surface area contributed by atoms with Crippen LogP contribution in [0.4, 0.5) is 5.82 Å². The van der Waals surface area contributed by atoms with Gasteiger partial charge in [0.2, 0.25) is 0 Å². The van der Waals surface area contributed by atoms with E-state index in [1.807, 2.05) is 20.8 Å². The summed E-state index contributed by atoms with van der Waals surface area (Å²) in [4.78, 5) is 21.0. The first-order valence-electron chi connectivity index (χ1n) is 9.00. The summed E-state index contributed by atoms with van der Waals surface area (Å²) in [5, 5.41) is 0.190. The van der Waals surface area contributed by atoms with Gasteiger partial charge in [-0.15, -0.1) is 0 Å². The topological polar surface area (TPSA) is 71.9 Å². The zero-order chi connectivity index (χ0) is 20.6. The zero-order valence-corrected chi connectivity index (χ0v) is 18.7. The van der Waals surface area contributed by atoms with Crippen molar-refractivity contribution in [1.29, 1.82) is 0 Å². The molecule has 1 aromatic rings. The summed E-state index contributed by atoms with van der Waals surface area (Å²) < 4.78 is 15.9. The first-order chi connectivity index (χ1) is 12.3. The van der Waals surface area contributed by atoms with E-state index in [-0.39, 0.29) is 16.6 Å². The second-order valence-electron chi connectivity index (χ2n) is 8.60. The Balaban J connectivity index is 2.53. The van der Waals surface area contributed by atoms with E-state index in [9.17, 15) is 9.35 Å². The number of pyridine rings is 1. The molecule has 2 heterocycles. The number of halogens is 1. The minimum absolute atomic E-state index is 0.0436. The fraction of sp³-hybridized carbons (Fsp3) is 0.632. The van der Waals surface area contributed by atoms with Gasteiger partial charge >= 0.3 is 0 Å². The van der Waals surface area contributed by atoms with Crippen LogP contribution in [0.15, 0.2) is 10.5 Å². The maximum Gasteiger partial charge on any atom is 0.254 e. The Morgan fingerprint density at radius 1 is 1.44 bits per heavy atom. The molecule has 0 radical (unpaired) electrons. The highest BCUT2D eigenvalue weighted by Gasteiger charge is 2.34. The van der Waals surface area contributed by atoms with Gasteiger partial charge in [0, 0.05) is 31.7 Å². The molecule has 8 heteroatoms. The number of hydrogen-bond acceptors (Lipinski definition) is 5. The molecule has 6 nitrogen and oxygen atoms in total. The molecule has 1 aliphatic heterocycles. The molecule has 0 aliphatic carbocycles. The van der Waals surface area contributed by atoms with Gasteiger partial charge in [0.25, 0.3) is 5.91 Å². The molecule has 1 aliphatic rings. The van der Waals surface area contributed by atoms with Crippen molar-refractivity contribution in [3.05, 3.63) is 22.3 Å². The Bertz CT molecular complexity index is 744. The standard InChI is InChI=1S/C19H29ClN4O2S/c1-18(2,3)27(26)21-12-14-13(17(25)23(6)7)11-15(22-16(14)20)24-10-8-9-19(24,4)5/h11-12H,8-10H2,1-7H3/b21-12+. The number of rotatable bonds is 4. The molecule has 150 valence electrons. The predicted octanol–water partition coefficient (Wildman–Crippen LogP) is 3.70. The molecule has 1 aromatic heterocycles. The maximum absolute atomic E-state index is 12.8. The van der Waals surface area contributed by atoms with E-state index in [1.165, 1.54) is 11.1 Å². The molecule has 0 aromatic carbocycles. The Morgan fingerprint density at radius 3 is 2.56 bits per heavy atom. The first-order valence-corrected chi connectivity index (χ1v) is 10.5. The third-order valence-corrected chi connectivity index (χ3v) is 6.25. The lowest BCUT2D eigenvalue weighted by molar-refractivity contribution is 0.0827. The van der Waals surface area contributed by atoms with E-state index < -0.39 is 16.1 Å². The van der Waals surface area contributed by atoms with Crippen molar-refractivity contribution in [3.63, 3.8) is 0 Å². The van der Waals surface area contributed by atoms with Gasteiger partial charge in [0.1, 0.15) is 27.1 Å². The Kier molecular flexibility index (Phi) is 6.49. The molecule has 1 atom stereocenters. The van der Waals surface area contributed by atoms with E-state index in [0.29, 0.717) is 16.9 Å². The van der Waals surface area contributed by atoms with Gasteiger partial charge in [0.15, 0.2) is 0 Å². The van der Waals surface area contributed by atoms with Crippen LogP contribution in [0.2, 0.25) is 5.15 Å². The molecule has 0 saturated carbocycles. The van der Waals surface area contributed by atoms with Crippen LogP contribution in [0.1, 0.15) is 63.4 Å². The zero-order valence-electron chi connectivity index (χ0n) is 17.2. The quantitative estimate of drug-likeness (QED) is 0.429. The van der Waals surface area contributed by atoms with Gasteiger partial charge in [-0.1, -0.05) is 16.0 Å². The SMILES string of the molecule is CN(C)C(=O)c1cc(N2CCCC2(C)C)nc(Cl)c1/C=N/[S+]([O-])C(C)(C)C. The number of anilines is 1. The molecular weight excluding hydrogens is 384 g/mol. The minimum atomic E-state index is -1.45. The molecule has 1 unspecified atom stereocenters. The molecule has 0 bridgehead atoms. The van der Waals surface area contributed by atoms with Gasteiger partial charge < -0.3 is 14.4 Å². The molecule has 1 amide bonds. The van der Waals surface area contributed by atoms with Crippen molar-refractivity contribution in [2.75, 3.05) is 25.5 Å². The highest BCUT2D eigenvalue weighted by molar-refractivity contribution is 7.91. The van der Waals surface area contributed by atoms with Crippen LogP contribution in [0.25, 0.3) is 0 Å². The second-order valence-corrected chi connectivity index (χ2v) is 10.9. The van der Waals surface area contributed by atoms with Crippen molar-refractivity contribution < 1.29 is 9.35 Å². The van der Waals surface area contributed by atoms with Crippen molar-refractivity contribution in [2.24, 2.45) is 4.40 Å². The van der Waals surface area contributed by atoms with Crippen molar-refractivity contribution >= 4 is 40.9 Å². The fourth-order valence-corrected chi connectivity index (χ4v) is 3.74. The number of aromatic nitrogens is 1. The predicted molar refractivity (Wildman–Crippen MR) is 113 cm³/mol. The lowest BCUT2D eigenvalue weighted by atomic mass is 10.0. The molecular formula is C19H29ClN4O2S. The third-order valence-electron chi connectivity index (χ3n) is 4.61. The molecule has 2 rings (SSSR count). The van der Waals surface area contributed by atoms with Crippen LogP contribution in [-0.2, 0) is 11.4 Å². The molecule has 1 saturated heterocycles. The Labute approximate surface area is 170 Å². The summed E-state index contributed by atoms with van der Waals surface area (Å²) in [5.41, 5.74) is 0.763. The van der Waals surface area contributed by atoms with Crippen LogP contribution in [0.3, 0.4) is 0 Å². The van der Waals surface area contributed by atoms with Crippen LogP contribution < -0.4 is 4.90 Å². The summed E-state index contributed by atoms with van der Waals surface area (Å²) in [7, 11) is 3.37. The number of amides is 1. The molecule has 0 spiro atoms. The number of nitrogens with zero attached hydrogens (tertiary/aromatic N) is 4. The summed E-state index contributed by atoms with van der Waals surface area (Å²) in [5.74, 6) is 0.488. The summed E-state index contributed by atoms with van der Waals surface area (Å²) in [6.07, 6.45) is 3.53. The van der Waals surface area contributed by atoms with Gasteiger partial charge in [-0.05, 0) is 53.5 Å². The number of carbonyl (C=O) groups excluding carboxylic acids is 1. The number of carbonyl (C=O) groups is 1. The van der Waals surface area contributed by atoms with Crippen LogP contribution in [0, 0.1) is 0 Å². The van der Waals surface area contributed by atoms with E-state index in [0.717, 1.165) is 19.4 Å². The molecule has 1 fully saturated rings. The second kappa shape index (κ2) is 7.97. The summed E-state index contributed by atoms with van der Waals surface area (Å²) in [6.45, 7) is 10.7. The molecule has 0 N–H and O–H groups in total. The lowest BCUT2D eigenvalue weighted by Crippen LogP contribution is -2.39. The van der Waals surface area contributed by atoms with Gasteiger partial charge in [-0.25, -0.2) is 4.98 Å². The van der Waals surface area contributed by atoms with E-state index in [1.54, 1.807) is 20.2 Å². The lowest BCUT2D eigenvalue weighted by Gasteiger charge is -2.33. The normalized spacial score (nSPS) is 18.2. The fourth-order valence-electron chi connectivity index (χ4n) is 2.98. The summed E-state index contributed by atoms with van der Waals surface area (Å²) in [6, 6.07) is 1.77. The highest BCUT2D eigenvalue weighted by atomic mass is 35.5. The van der Waals surface area contributed by atoms with E-state index in [4.69, 9.17) is 11.6 Å².